The van der Waals surface area contributed by atoms with Gasteiger partial charge in [-0.05, 0) is 43.0 Å². The second-order valence-electron chi connectivity index (χ2n) is 7.11. The van der Waals surface area contributed by atoms with Gasteiger partial charge < -0.3 is 11.2 Å². The summed E-state index contributed by atoms with van der Waals surface area (Å²) in [6.45, 7) is 1.91. The minimum Gasteiger partial charge on any atom is -0.336 e. The highest BCUT2D eigenvalue weighted by Gasteiger charge is 2.17. The number of nitrogens with zero attached hydrogens (tertiary/aromatic N) is 3. The molecule has 0 atom stereocenters. The van der Waals surface area contributed by atoms with E-state index in [2.05, 4.69) is 15.5 Å². The zero-order chi connectivity index (χ0) is 19.2. The maximum Gasteiger partial charge on any atom is 0.234 e. The van der Waals surface area contributed by atoms with Gasteiger partial charge in [0.05, 0.1) is 5.75 Å². The van der Waals surface area contributed by atoms with Crippen LogP contribution >= 0.6 is 23.4 Å². The Bertz CT molecular complexity index is 788. The van der Waals surface area contributed by atoms with Crippen molar-refractivity contribution in [1.82, 2.24) is 14.9 Å². The van der Waals surface area contributed by atoms with Gasteiger partial charge in [-0.1, -0.05) is 55.5 Å². The van der Waals surface area contributed by atoms with E-state index >= 15 is 0 Å². The van der Waals surface area contributed by atoms with Crippen LogP contribution in [0.1, 0.15) is 49.9 Å². The Kier molecular flexibility index (Phi) is 7.01. The van der Waals surface area contributed by atoms with E-state index in [0.717, 1.165) is 35.8 Å². The van der Waals surface area contributed by atoms with E-state index in [1.54, 1.807) is 12.1 Å². The van der Waals surface area contributed by atoms with Crippen LogP contribution in [0.5, 0.6) is 0 Å². The quantitative estimate of drug-likeness (QED) is 0.530. The molecule has 27 heavy (non-hydrogen) atoms. The van der Waals surface area contributed by atoms with Gasteiger partial charge in [-0.3, -0.25) is 4.79 Å². The summed E-state index contributed by atoms with van der Waals surface area (Å²) < 4.78 is 1.52. The number of anilines is 1. The molecule has 0 spiro atoms. The molecule has 1 saturated carbocycles. The average molecular weight is 408 g/mol. The van der Waals surface area contributed by atoms with Crippen molar-refractivity contribution in [2.24, 2.45) is 5.92 Å². The van der Waals surface area contributed by atoms with Gasteiger partial charge in [0.2, 0.25) is 11.1 Å². The molecule has 146 valence electrons. The topological polar surface area (TPSA) is 85.8 Å². The molecule has 0 aliphatic heterocycles. The van der Waals surface area contributed by atoms with Gasteiger partial charge >= 0.3 is 0 Å². The Morgan fingerprint density at radius 2 is 2.11 bits per heavy atom. The number of nitrogens with two attached hydrogens (primary N) is 1. The zero-order valence-corrected chi connectivity index (χ0v) is 17.2. The van der Waals surface area contributed by atoms with Crippen molar-refractivity contribution in [1.29, 1.82) is 0 Å². The number of rotatable bonds is 7. The van der Waals surface area contributed by atoms with Gasteiger partial charge in [-0.2, -0.15) is 0 Å². The van der Waals surface area contributed by atoms with Crippen LogP contribution in [-0.2, 0) is 11.2 Å². The van der Waals surface area contributed by atoms with Gasteiger partial charge in [0.15, 0.2) is 5.82 Å². The molecular formula is C19H26ClN5OS. The van der Waals surface area contributed by atoms with E-state index in [0.29, 0.717) is 10.2 Å². The standard InChI is InChI=1S/C19H26ClN5OS/c1-13-11-15(20)8-9-16(13)22-18(26)12-27-19-24-23-17(25(19)21)10-7-14-5-3-2-4-6-14/h8-9,11,14H,2-7,10,12,21H2,1H3,(H,22,26). The van der Waals surface area contributed by atoms with Crippen LogP contribution < -0.4 is 11.2 Å². The first-order chi connectivity index (χ1) is 13.0. The van der Waals surface area contributed by atoms with Gasteiger partial charge in [-0.15, -0.1) is 10.2 Å². The zero-order valence-electron chi connectivity index (χ0n) is 15.6. The van der Waals surface area contributed by atoms with Crippen LogP contribution in [0.25, 0.3) is 0 Å². The number of aryl methyl sites for hydroxylation is 2. The number of amides is 1. The molecule has 1 fully saturated rings. The van der Waals surface area contributed by atoms with Crippen molar-refractivity contribution >= 4 is 35.0 Å². The molecule has 1 aliphatic rings. The van der Waals surface area contributed by atoms with Gasteiger partial charge in [0.25, 0.3) is 0 Å². The van der Waals surface area contributed by atoms with Crippen LogP contribution in [-0.4, -0.2) is 26.5 Å². The summed E-state index contributed by atoms with van der Waals surface area (Å²) in [6, 6.07) is 5.38. The average Bonchev–Trinajstić information content (AvgIpc) is 3.01. The molecule has 8 heteroatoms. The third kappa shape index (κ3) is 5.62. The Morgan fingerprint density at radius 1 is 1.33 bits per heavy atom. The van der Waals surface area contributed by atoms with Crippen molar-refractivity contribution < 1.29 is 4.79 Å². The second-order valence-corrected chi connectivity index (χ2v) is 8.49. The molecule has 2 aromatic rings. The summed E-state index contributed by atoms with van der Waals surface area (Å²) in [7, 11) is 0. The summed E-state index contributed by atoms with van der Waals surface area (Å²) in [5, 5.41) is 12.4. The van der Waals surface area contributed by atoms with E-state index in [-0.39, 0.29) is 11.7 Å². The highest BCUT2D eigenvalue weighted by atomic mass is 35.5. The van der Waals surface area contributed by atoms with Crippen LogP contribution in [0.2, 0.25) is 5.02 Å². The number of hydrogen-bond acceptors (Lipinski definition) is 5. The van der Waals surface area contributed by atoms with Gasteiger partial charge in [0.1, 0.15) is 0 Å². The minimum atomic E-state index is -0.114. The molecule has 3 rings (SSSR count). The fraction of sp³-hybridized carbons (Fsp3) is 0.526. The Balaban J connectivity index is 1.49. The largest absolute Gasteiger partial charge is 0.336 e. The normalized spacial score (nSPS) is 15.0. The SMILES string of the molecule is Cc1cc(Cl)ccc1NC(=O)CSc1nnc(CCC2CCCCC2)n1N. The van der Waals surface area contributed by atoms with Crippen molar-refractivity contribution in [3.05, 3.63) is 34.6 Å². The second kappa shape index (κ2) is 9.46. The number of nitrogens with one attached hydrogen (secondary N) is 1. The fourth-order valence-corrected chi connectivity index (χ4v) is 4.37. The van der Waals surface area contributed by atoms with Crippen LogP contribution in [0, 0.1) is 12.8 Å². The van der Waals surface area contributed by atoms with E-state index in [9.17, 15) is 4.79 Å². The van der Waals surface area contributed by atoms with Crippen LogP contribution in [0.4, 0.5) is 5.69 Å². The number of aromatic nitrogens is 3. The highest BCUT2D eigenvalue weighted by molar-refractivity contribution is 7.99. The first-order valence-corrected chi connectivity index (χ1v) is 10.8. The Hall–Kier alpha value is -1.73. The predicted molar refractivity (Wildman–Crippen MR) is 111 cm³/mol. The summed E-state index contributed by atoms with van der Waals surface area (Å²) in [5.41, 5.74) is 1.68. The molecule has 0 unspecified atom stereocenters. The van der Waals surface area contributed by atoms with Crippen LogP contribution in [0.15, 0.2) is 23.4 Å². The molecule has 1 amide bonds. The molecule has 3 N–H and O–H groups in total. The number of hydrogen-bond donors (Lipinski definition) is 2. The number of thioether (sulfide) groups is 1. The molecule has 1 aromatic heterocycles. The monoisotopic (exact) mass is 407 g/mol. The number of nitrogen functional groups attached to an aromatic ring is 1. The van der Waals surface area contributed by atoms with Gasteiger partial charge in [0, 0.05) is 17.1 Å². The summed E-state index contributed by atoms with van der Waals surface area (Å²) in [4.78, 5) is 12.2. The molecular weight excluding hydrogens is 382 g/mol. The molecule has 1 aliphatic carbocycles. The first-order valence-electron chi connectivity index (χ1n) is 9.41. The Labute approximate surface area is 169 Å². The molecule has 0 bridgehead atoms. The smallest absolute Gasteiger partial charge is 0.234 e. The summed E-state index contributed by atoms with van der Waals surface area (Å²) in [6.07, 6.45) is 8.60. The number of carbonyl (C=O) groups is 1. The third-order valence-corrected chi connectivity index (χ3v) is 6.21. The third-order valence-electron chi connectivity index (χ3n) is 5.03. The lowest BCUT2D eigenvalue weighted by Crippen LogP contribution is -2.18. The summed E-state index contributed by atoms with van der Waals surface area (Å²) >= 11 is 7.23. The number of carbonyl (C=O) groups excluding carboxylic acids is 1. The van der Waals surface area contributed by atoms with E-state index in [4.69, 9.17) is 17.4 Å². The molecule has 6 nitrogen and oxygen atoms in total. The number of benzene rings is 1. The Morgan fingerprint density at radius 3 is 2.85 bits per heavy atom. The molecule has 1 aromatic carbocycles. The lowest BCUT2D eigenvalue weighted by molar-refractivity contribution is -0.113. The highest BCUT2D eigenvalue weighted by Crippen LogP contribution is 2.27. The van der Waals surface area contributed by atoms with Crippen molar-refractivity contribution in [3.8, 4) is 0 Å². The first kappa shape index (κ1) is 20.0. The molecule has 1 heterocycles. The maximum absolute atomic E-state index is 12.2. The number of halogens is 1. The fourth-order valence-electron chi connectivity index (χ4n) is 3.47. The van der Waals surface area contributed by atoms with Gasteiger partial charge in [-0.25, -0.2) is 4.68 Å². The van der Waals surface area contributed by atoms with Crippen LogP contribution in [0.3, 0.4) is 0 Å². The van der Waals surface area contributed by atoms with E-state index < -0.39 is 0 Å². The maximum atomic E-state index is 12.2. The molecule has 0 saturated heterocycles. The van der Waals surface area contributed by atoms with E-state index in [1.165, 1.54) is 48.5 Å². The molecule has 0 radical (unpaired) electrons. The predicted octanol–water partition coefficient (Wildman–Crippen LogP) is 4.20. The van der Waals surface area contributed by atoms with E-state index in [1.807, 2.05) is 13.0 Å². The van der Waals surface area contributed by atoms with Crippen molar-refractivity contribution in [2.75, 3.05) is 16.9 Å². The van der Waals surface area contributed by atoms with Crippen molar-refractivity contribution in [2.45, 2.75) is 57.0 Å². The summed E-state index contributed by atoms with van der Waals surface area (Å²) in [5.74, 6) is 7.80. The lowest BCUT2D eigenvalue weighted by Gasteiger charge is -2.20. The van der Waals surface area contributed by atoms with Crippen molar-refractivity contribution in [3.63, 3.8) is 0 Å². The minimum absolute atomic E-state index is 0.114. The lowest BCUT2D eigenvalue weighted by atomic mass is 9.86.